The molecule has 0 spiro atoms. The second-order valence-electron chi connectivity index (χ2n) is 11.6. The van der Waals surface area contributed by atoms with Crippen molar-refractivity contribution >= 4 is 11.5 Å². The molecule has 6 nitrogen and oxygen atoms in total. The zero-order valence-electron chi connectivity index (χ0n) is 23.9. The quantitative estimate of drug-likeness (QED) is 0.244. The smallest absolute Gasteiger partial charge is 0.138 e. The van der Waals surface area contributed by atoms with Crippen LogP contribution in [0.15, 0.2) is 97.3 Å². The van der Waals surface area contributed by atoms with Gasteiger partial charge in [0.15, 0.2) is 0 Å². The van der Waals surface area contributed by atoms with Crippen molar-refractivity contribution in [3.8, 4) is 11.1 Å². The maximum Gasteiger partial charge on any atom is 0.138 e. The Balaban J connectivity index is 1.20. The van der Waals surface area contributed by atoms with E-state index in [4.69, 9.17) is 9.97 Å². The third kappa shape index (κ3) is 5.50. The first kappa shape index (κ1) is 25.9. The largest absolute Gasteiger partial charge is 0.355 e. The highest BCUT2D eigenvalue weighted by atomic mass is 15.3. The Bertz CT molecular complexity index is 1600. The molecular weight excluding hydrogens is 504 g/mol. The topological polar surface area (TPSA) is 39.9 Å². The summed E-state index contributed by atoms with van der Waals surface area (Å²) in [4.78, 5) is 17.5. The fourth-order valence-electron chi connectivity index (χ4n) is 6.51. The maximum absolute atomic E-state index is 5.13. The van der Waals surface area contributed by atoms with Gasteiger partial charge in [-0.25, -0.2) is 4.98 Å². The second-order valence-corrected chi connectivity index (χ2v) is 11.6. The van der Waals surface area contributed by atoms with Crippen LogP contribution in [0.25, 0.3) is 16.8 Å². The molecule has 1 atom stereocenters. The number of nitrogens with zero attached hydrogens (tertiary/aromatic N) is 6. The summed E-state index contributed by atoms with van der Waals surface area (Å²) in [6, 6.07) is 30.8. The summed E-state index contributed by atoms with van der Waals surface area (Å²) < 4.78 is 2.29. The van der Waals surface area contributed by atoms with Crippen molar-refractivity contribution in [1.82, 2.24) is 24.2 Å². The number of hydrogen-bond acceptors (Lipinski definition) is 5. The van der Waals surface area contributed by atoms with E-state index in [2.05, 4.69) is 117 Å². The number of likely N-dealkylation sites (N-methyl/N-ethyl adjacent to an activating group) is 1. The monoisotopic (exact) mass is 542 g/mol. The summed E-state index contributed by atoms with van der Waals surface area (Å²) in [6.07, 6.45) is 7.63. The van der Waals surface area contributed by atoms with E-state index in [1.54, 1.807) is 0 Å². The Morgan fingerprint density at radius 1 is 0.805 bits per heavy atom. The summed E-state index contributed by atoms with van der Waals surface area (Å²) >= 11 is 0. The third-order valence-electron chi connectivity index (χ3n) is 8.77. The number of piperazine rings is 1. The van der Waals surface area contributed by atoms with Crippen molar-refractivity contribution in [2.24, 2.45) is 0 Å². The molecule has 0 unspecified atom stereocenters. The van der Waals surface area contributed by atoms with Gasteiger partial charge in [0.05, 0.1) is 17.4 Å². The first-order valence-corrected chi connectivity index (χ1v) is 14.9. The normalized spacial score (nSPS) is 17.7. The highest BCUT2D eigenvalue weighted by Crippen LogP contribution is 2.35. The number of pyridine rings is 2. The van der Waals surface area contributed by atoms with Crippen LogP contribution < -0.4 is 4.90 Å². The third-order valence-corrected chi connectivity index (χ3v) is 8.77. The van der Waals surface area contributed by atoms with Gasteiger partial charge in [-0.05, 0) is 66.8 Å². The molecule has 0 N–H and O–H groups in total. The Hall–Kier alpha value is -4.00. The van der Waals surface area contributed by atoms with Crippen LogP contribution in [-0.4, -0.2) is 57.4 Å². The van der Waals surface area contributed by atoms with Crippen LogP contribution in [0.2, 0.25) is 0 Å². The van der Waals surface area contributed by atoms with Crippen molar-refractivity contribution in [1.29, 1.82) is 0 Å². The summed E-state index contributed by atoms with van der Waals surface area (Å²) in [6.45, 7) is 5.89. The number of fused-ring (bicyclic) bond motifs is 2. The molecule has 1 aliphatic heterocycles. The molecule has 2 aromatic carbocycles. The average Bonchev–Trinajstić information content (AvgIpc) is 3.44. The van der Waals surface area contributed by atoms with E-state index in [0.717, 1.165) is 63.5 Å². The zero-order valence-corrected chi connectivity index (χ0v) is 23.9. The molecule has 7 rings (SSSR count). The van der Waals surface area contributed by atoms with Crippen LogP contribution in [0.1, 0.15) is 41.4 Å². The van der Waals surface area contributed by atoms with Crippen molar-refractivity contribution in [2.45, 2.75) is 38.4 Å². The van der Waals surface area contributed by atoms with Gasteiger partial charge in [0.2, 0.25) is 0 Å². The number of hydrogen-bond donors (Lipinski definition) is 0. The van der Waals surface area contributed by atoms with E-state index in [1.807, 2.05) is 6.20 Å². The van der Waals surface area contributed by atoms with Gasteiger partial charge in [-0.15, -0.1) is 0 Å². The van der Waals surface area contributed by atoms with Gasteiger partial charge in [-0.3, -0.25) is 14.3 Å². The minimum atomic E-state index is 0.274. The molecule has 1 saturated heterocycles. The Kier molecular flexibility index (Phi) is 7.26. The first-order valence-electron chi connectivity index (χ1n) is 14.9. The lowest BCUT2D eigenvalue weighted by Crippen LogP contribution is -2.45. The molecule has 208 valence electrons. The Morgan fingerprint density at radius 2 is 1.61 bits per heavy atom. The molecule has 0 saturated carbocycles. The summed E-state index contributed by atoms with van der Waals surface area (Å²) in [7, 11) is 2.20. The molecule has 2 aliphatic rings. The summed E-state index contributed by atoms with van der Waals surface area (Å²) in [5, 5.41) is 0. The highest BCUT2D eigenvalue weighted by Gasteiger charge is 2.28. The Labute approximate surface area is 242 Å². The minimum absolute atomic E-state index is 0.274. The maximum atomic E-state index is 5.13. The van der Waals surface area contributed by atoms with Crippen molar-refractivity contribution in [3.63, 3.8) is 0 Å². The predicted octanol–water partition coefficient (Wildman–Crippen LogP) is 6.23. The number of imidazole rings is 1. The van der Waals surface area contributed by atoms with E-state index < -0.39 is 0 Å². The fraction of sp³-hybridized carbons (Fsp3) is 0.314. The summed E-state index contributed by atoms with van der Waals surface area (Å²) in [5.41, 5.74) is 8.57. The van der Waals surface area contributed by atoms with Gasteiger partial charge in [-0.1, -0.05) is 66.7 Å². The van der Waals surface area contributed by atoms with Gasteiger partial charge in [-0.2, -0.15) is 0 Å². The van der Waals surface area contributed by atoms with Crippen molar-refractivity contribution < 1.29 is 0 Å². The van der Waals surface area contributed by atoms with Gasteiger partial charge < -0.3 is 9.80 Å². The molecule has 0 amide bonds. The molecule has 0 radical (unpaired) electrons. The molecule has 0 bridgehead atoms. The summed E-state index contributed by atoms with van der Waals surface area (Å²) in [5.74, 6) is 1.24. The van der Waals surface area contributed by atoms with Gasteiger partial charge in [0.25, 0.3) is 0 Å². The zero-order chi connectivity index (χ0) is 27.6. The highest BCUT2D eigenvalue weighted by molar-refractivity contribution is 5.63. The molecular formula is C35H38N6. The lowest BCUT2D eigenvalue weighted by Gasteiger charge is -2.35. The second kappa shape index (κ2) is 11.5. The van der Waals surface area contributed by atoms with Gasteiger partial charge in [0, 0.05) is 51.7 Å². The lowest BCUT2D eigenvalue weighted by molar-refractivity contribution is 0.155. The minimum Gasteiger partial charge on any atom is -0.355 e. The molecule has 1 aliphatic carbocycles. The van der Waals surface area contributed by atoms with Gasteiger partial charge in [0.1, 0.15) is 11.5 Å². The van der Waals surface area contributed by atoms with E-state index in [1.165, 1.54) is 40.2 Å². The standard InChI is InChI=1S/C35H38N6/c1-38-20-22-39(23-21-38)34-14-6-13-33-37-31(26-41(33)34)25-40(32-12-5-10-30-11-7-19-36-35(30)32)24-27-15-17-29(18-16-27)28-8-3-2-4-9-28/h2-4,6-9,11,13-19,26,32H,5,10,12,20-25H2,1H3/t32-/m0/s1. The molecule has 1 fully saturated rings. The van der Waals surface area contributed by atoms with E-state index in [0.29, 0.717) is 0 Å². The van der Waals surface area contributed by atoms with E-state index in [9.17, 15) is 0 Å². The average molecular weight is 543 g/mol. The molecule has 6 heteroatoms. The Morgan fingerprint density at radius 3 is 2.44 bits per heavy atom. The lowest BCUT2D eigenvalue weighted by atomic mass is 9.90. The van der Waals surface area contributed by atoms with Crippen LogP contribution in [0.5, 0.6) is 0 Å². The fourth-order valence-corrected chi connectivity index (χ4v) is 6.51. The SMILES string of the molecule is CN1CCN(c2cccc3nc(CN(Cc4ccc(-c5ccccc5)cc4)[C@H]4CCCc5cccnc54)cn23)CC1. The number of anilines is 1. The van der Waals surface area contributed by atoms with Crippen LogP contribution in [0, 0.1) is 0 Å². The number of aryl methyl sites for hydroxylation is 1. The molecule has 41 heavy (non-hydrogen) atoms. The number of benzene rings is 2. The molecule has 5 aromatic rings. The molecule has 4 heterocycles. The first-order chi connectivity index (χ1) is 20.2. The van der Waals surface area contributed by atoms with Crippen LogP contribution >= 0.6 is 0 Å². The van der Waals surface area contributed by atoms with Gasteiger partial charge >= 0.3 is 0 Å². The number of aromatic nitrogens is 3. The van der Waals surface area contributed by atoms with E-state index >= 15 is 0 Å². The van der Waals surface area contributed by atoms with Crippen molar-refractivity contribution in [2.75, 3.05) is 38.1 Å². The molecule has 3 aromatic heterocycles. The van der Waals surface area contributed by atoms with Crippen molar-refractivity contribution in [3.05, 3.63) is 120 Å². The van der Waals surface area contributed by atoms with Crippen LogP contribution in [0.3, 0.4) is 0 Å². The number of rotatable bonds is 7. The van der Waals surface area contributed by atoms with Crippen LogP contribution in [-0.2, 0) is 19.5 Å². The predicted molar refractivity (Wildman–Crippen MR) is 166 cm³/mol. The van der Waals surface area contributed by atoms with E-state index in [-0.39, 0.29) is 6.04 Å². The van der Waals surface area contributed by atoms with Crippen LogP contribution in [0.4, 0.5) is 5.82 Å².